The molecule has 1 amide bonds. The second-order valence-corrected chi connectivity index (χ2v) is 8.06. The molecule has 0 saturated heterocycles. The van der Waals surface area contributed by atoms with E-state index in [1.54, 1.807) is 0 Å². The first kappa shape index (κ1) is 21.2. The van der Waals surface area contributed by atoms with Crippen LogP contribution in [0.2, 0.25) is 5.02 Å². The number of hydrogen-bond acceptors (Lipinski definition) is 4. The van der Waals surface area contributed by atoms with Gasteiger partial charge in [0.25, 0.3) is 5.91 Å². The van der Waals surface area contributed by atoms with Crippen molar-refractivity contribution in [2.45, 2.75) is 37.6 Å². The number of benzene rings is 2. The van der Waals surface area contributed by atoms with Crippen LogP contribution in [-0.2, 0) is 10.0 Å². The van der Waals surface area contributed by atoms with Gasteiger partial charge in [0, 0.05) is 11.1 Å². The van der Waals surface area contributed by atoms with Crippen molar-refractivity contribution in [3.63, 3.8) is 0 Å². The largest absolute Gasteiger partial charge is 0.493 e. The zero-order valence-corrected chi connectivity index (χ0v) is 16.8. The van der Waals surface area contributed by atoms with Crippen molar-refractivity contribution in [1.29, 1.82) is 0 Å². The molecule has 0 aliphatic carbocycles. The number of halogens is 1. The van der Waals surface area contributed by atoms with E-state index < -0.39 is 15.9 Å². The molecular weight excluding hydrogens is 388 g/mol. The molecule has 2 aromatic carbocycles. The highest BCUT2D eigenvalue weighted by Gasteiger charge is 2.19. The van der Waals surface area contributed by atoms with Gasteiger partial charge >= 0.3 is 0 Å². The average molecular weight is 411 g/mol. The standard InChI is InChI=1S/C19H23ClN2O4S/c1-3-4-11-26-17-8-6-5-7-15(17)13(2)22-19(23)14-9-10-16(20)18(12-14)27(21,24)25/h5-10,12-13H,3-4,11H2,1-2H3,(H,22,23)(H2,21,24,25)/t13-/m0/s1. The number of amides is 1. The smallest absolute Gasteiger partial charge is 0.251 e. The molecular formula is C19H23ClN2O4S. The zero-order chi connectivity index (χ0) is 20.0. The maximum atomic E-state index is 12.6. The number of nitrogens with two attached hydrogens (primary N) is 1. The summed E-state index contributed by atoms with van der Waals surface area (Å²) in [6.45, 7) is 4.51. The molecule has 146 valence electrons. The quantitative estimate of drug-likeness (QED) is 0.648. The predicted octanol–water partition coefficient (Wildman–Crippen LogP) is 3.66. The molecule has 2 aromatic rings. The fourth-order valence-corrected chi connectivity index (χ4v) is 3.59. The number of carbonyl (C=O) groups excluding carboxylic acids is 1. The Morgan fingerprint density at radius 1 is 1.26 bits per heavy atom. The van der Waals surface area contributed by atoms with Crippen LogP contribution in [0, 0.1) is 0 Å². The summed E-state index contributed by atoms with van der Waals surface area (Å²) in [6, 6.07) is 11.1. The van der Waals surface area contributed by atoms with E-state index in [9.17, 15) is 13.2 Å². The van der Waals surface area contributed by atoms with E-state index in [2.05, 4.69) is 12.2 Å². The van der Waals surface area contributed by atoms with Gasteiger partial charge < -0.3 is 10.1 Å². The molecule has 2 rings (SSSR count). The van der Waals surface area contributed by atoms with Crippen molar-refractivity contribution in [3.05, 3.63) is 58.6 Å². The summed E-state index contributed by atoms with van der Waals surface area (Å²) >= 11 is 5.86. The van der Waals surface area contributed by atoms with Crippen LogP contribution < -0.4 is 15.2 Å². The number of ether oxygens (including phenoxy) is 1. The summed E-state index contributed by atoms with van der Waals surface area (Å²) in [5, 5.41) is 7.95. The highest BCUT2D eigenvalue weighted by Crippen LogP contribution is 2.26. The van der Waals surface area contributed by atoms with E-state index in [4.69, 9.17) is 21.5 Å². The second-order valence-electron chi connectivity index (χ2n) is 6.13. The van der Waals surface area contributed by atoms with E-state index >= 15 is 0 Å². The summed E-state index contributed by atoms with van der Waals surface area (Å²) in [5.41, 5.74) is 0.988. The molecule has 0 aliphatic heterocycles. The number of nitrogens with one attached hydrogen (secondary N) is 1. The fourth-order valence-electron chi connectivity index (χ4n) is 2.52. The van der Waals surface area contributed by atoms with Gasteiger partial charge in [-0.3, -0.25) is 4.79 Å². The van der Waals surface area contributed by atoms with Crippen LogP contribution in [0.15, 0.2) is 47.4 Å². The van der Waals surface area contributed by atoms with E-state index in [1.807, 2.05) is 31.2 Å². The van der Waals surface area contributed by atoms with Crippen LogP contribution >= 0.6 is 11.6 Å². The highest BCUT2D eigenvalue weighted by atomic mass is 35.5. The van der Waals surface area contributed by atoms with Crippen molar-refractivity contribution in [2.24, 2.45) is 5.14 Å². The van der Waals surface area contributed by atoms with Crippen LogP contribution in [0.1, 0.15) is 48.7 Å². The van der Waals surface area contributed by atoms with Crippen molar-refractivity contribution in [1.82, 2.24) is 5.32 Å². The molecule has 0 saturated carbocycles. The Morgan fingerprint density at radius 3 is 2.63 bits per heavy atom. The lowest BCUT2D eigenvalue weighted by atomic mass is 10.1. The minimum atomic E-state index is -4.02. The van der Waals surface area contributed by atoms with Gasteiger partial charge in [-0.15, -0.1) is 0 Å². The van der Waals surface area contributed by atoms with Gasteiger partial charge in [0.15, 0.2) is 0 Å². The third-order valence-corrected chi connectivity index (χ3v) is 5.38. The average Bonchev–Trinajstić information content (AvgIpc) is 2.61. The first-order valence-electron chi connectivity index (χ1n) is 8.59. The summed E-state index contributed by atoms with van der Waals surface area (Å²) in [5.74, 6) is 0.271. The summed E-state index contributed by atoms with van der Waals surface area (Å²) < 4.78 is 29.0. The number of carbonyl (C=O) groups is 1. The van der Waals surface area contributed by atoms with Crippen LogP contribution in [0.3, 0.4) is 0 Å². The Labute approximate surface area is 164 Å². The molecule has 1 atom stereocenters. The van der Waals surface area contributed by atoms with E-state index in [1.165, 1.54) is 18.2 Å². The van der Waals surface area contributed by atoms with Crippen LogP contribution in [-0.4, -0.2) is 20.9 Å². The molecule has 0 bridgehead atoms. The monoisotopic (exact) mass is 410 g/mol. The van der Waals surface area contributed by atoms with Gasteiger partial charge in [0.1, 0.15) is 10.6 Å². The lowest BCUT2D eigenvalue weighted by Crippen LogP contribution is -2.27. The minimum Gasteiger partial charge on any atom is -0.493 e. The minimum absolute atomic E-state index is 0.0308. The normalized spacial score (nSPS) is 12.4. The molecule has 27 heavy (non-hydrogen) atoms. The molecule has 0 radical (unpaired) electrons. The van der Waals surface area contributed by atoms with E-state index in [-0.39, 0.29) is 21.5 Å². The van der Waals surface area contributed by atoms with Crippen molar-refractivity contribution in [2.75, 3.05) is 6.61 Å². The summed E-state index contributed by atoms with van der Waals surface area (Å²) in [6.07, 6.45) is 1.97. The Bertz CT molecular complexity index is 916. The molecule has 6 nitrogen and oxygen atoms in total. The predicted molar refractivity (Wildman–Crippen MR) is 106 cm³/mol. The molecule has 0 unspecified atom stereocenters. The van der Waals surface area contributed by atoms with Gasteiger partial charge in [0.2, 0.25) is 10.0 Å². The van der Waals surface area contributed by atoms with Gasteiger partial charge in [-0.1, -0.05) is 43.1 Å². The van der Waals surface area contributed by atoms with Crippen molar-refractivity contribution < 1.29 is 17.9 Å². The Morgan fingerprint density at radius 2 is 1.96 bits per heavy atom. The zero-order valence-electron chi connectivity index (χ0n) is 15.2. The summed E-state index contributed by atoms with van der Waals surface area (Å²) in [4.78, 5) is 12.3. The number of unbranched alkanes of at least 4 members (excludes halogenated alkanes) is 1. The molecule has 0 fully saturated rings. The molecule has 0 spiro atoms. The number of sulfonamides is 1. The van der Waals surface area contributed by atoms with Gasteiger partial charge in [-0.25, -0.2) is 13.6 Å². The lowest BCUT2D eigenvalue weighted by molar-refractivity contribution is 0.0939. The first-order valence-corrected chi connectivity index (χ1v) is 10.5. The number of para-hydroxylation sites is 1. The third-order valence-electron chi connectivity index (χ3n) is 3.99. The van der Waals surface area contributed by atoms with Crippen LogP contribution in [0.4, 0.5) is 0 Å². The highest BCUT2D eigenvalue weighted by molar-refractivity contribution is 7.89. The van der Waals surface area contributed by atoms with Crippen LogP contribution in [0.5, 0.6) is 5.75 Å². The molecule has 8 heteroatoms. The number of hydrogen-bond donors (Lipinski definition) is 2. The van der Waals surface area contributed by atoms with E-state index in [0.717, 1.165) is 18.4 Å². The van der Waals surface area contributed by atoms with Crippen molar-refractivity contribution in [3.8, 4) is 5.75 Å². The van der Waals surface area contributed by atoms with Crippen LogP contribution in [0.25, 0.3) is 0 Å². The maximum absolute atomic E-state index is 12.6. The van der Waals surface area contributed by atoms with Crippen molar-refractivity contribution >= 4 is 27.5 Å². The SMILES string of the molecule is CCCCOc1ccccc1[C@H](C)NC(=O)c1ccc(Cl)c(S(N)(=O)=O)c1. The molecule has 3 N–H and O–H groups in total. The molecule has 0 aromatic heterocycles. The maximum Gasteiger partial charge on any atom is 0.251 e. The Balaban J connectivity index is 2.19. The Kier molecular flexibility index (Phi) is 7.24. The Hall–Kier alpha value is -2.09. The third kappa shape index (κ3) is 5.69. The number of primary sulfonamides is 1. The van der Waals surface area contributed by atoms with Gasteiger partial charge in [-0.2, -0.15) is 0 Å². The first-order chi connectivity index (χ1) is 12.7. The van der Waals surface area contributed by atoms with E-state index in [0.29, 0.717) is 12.4 Å². The van der Waals surface area contributed by atoms with Gasteiger partial charge in [0.05, 0.1) is 17.7 Å². The second kappa shape index (κ2) is 9.21. The number of rotatable bonds is 8. The summed E-state index contributed by atoms with van der Waals surface area (Å²) in [7, 11) is -4.02. The van der Waals surface area contributed by atoms with Gasteiger partial charge in [-0.05, 0) is 37.6 Å². The fraction of sp³-hybridized carbons (Fsp3) is 0.316. The lowest BCUT2D eigenvalue weighted by Gasteiger charge is -2.18. The molecule has 0 aliphatic rings. The molecule has 0 heterocycles. The topological polar surface area (TPSA) is 98.5 Å².